The highest BCUT2D eigenvalue weighted by Gasteiger charge is 2.17. The van der Waals surface area contributed by atoms with Crippen molar-refractivity contribution in [3.05, 3.63) is 35.4 Å². The summed E-state index contributed by atoms with van der Waals surface area (Å²) in [5.74, 6) is -1.10. The molecule has 112 valence electrons. The number of carboxylic acid groups (broad SMARTS) is 1. The van der Waals surface area contributed by atoms with Gasteiger partial charge in [-0.15, -0.1) is 0 Å². The van der Waals surface area contributed by atoms with Gasteiger partial charge in [-0.25, -0.2) is 17.9 Å². The van der Waals surface area contributed by atoms with Gasteiger partial charge in [-0.2, -0.15) is 0 Å². The first-order valence-electron chi connectivity index (χ1n) is 6.20. The molecule has 0 heterocycles. The summed E-state index contributed by atoms with van der Waals surface area (Å²) in [5.41, 5.74) is 0.867. The summed E-state index contributed by atoms with van der Waals surface area (Å²) >= 11 is 0. The molecule has 1 unspecified atom stereocenters. The first-order chi connectivity index (χ1) is 9.38. The van der Waals surface area contributed by atoms with Crippen LogP contribution in [0.1, 0.15) is 29.3 Å². The monoisotopic (exact) mass is 301 g/mol. The number of methoxy groups -OCH3 is 1. The molecule has 2 N–H and O–H groups in total. The van der Waals surface area contributed by atoms with Crippen molar-refractivity contribution in [3.8, 4) is 0 Å². The van der Waals surface area contributed by atoms with Crippen LogP contribution in [-0.4, -0.2) is 38.5 Å². The topological polar surface area (TPSA) is 92.7 Å². The zero-order valence-electron chi connectivity index (χ0n) is 11.5. The van der Waals surface area contributed by atoms with Crippen LogP contribution in [-0.2, 0) is 21.3 Å². The molecule has 1 aromatic carbocycles. The fourth-order valence-electron chi connectivity index (χ4n) is 1.61. The standard InChI is InChI=1S/C13H19NO5S/c1-3-12(19-2)9-20(17,18)14-8-10-4-6-11(7-5-10)13(15)16/h4-7,12,14H,3,8-9H2,1-2H3,(H,15,16). The molecule has 0 aliphatic rings. The van der Waals surface area contributed by atoms with Gasteiger partial charge in [0, 0.05) is 13.7 Å². The molecule has 0 radical (unpaired) electrons. The summed E-state index contributed by atoms with van der Waals surface area (Å²) < 4.78 is 31.2. The van der Waals surface area contributed by atoms with E-state index >= 15 is 0 Å². The molecule has 0 amide bonds. The molecule has 0 saturated carbocycles. The predicted octanol–water partition coefficient (Wildman–Crippen LogP) is 1.23. The first-order valence-corrected chi connectivity index (χ1v) is 7.85. The number of carboxylic acids is 1. The van der Waals surface area contributed by atoms with Crippen LogP contribution in [0.3, 0.4) is 0 Å². The van der Waals surface area contributed by atoms with Crippen LogP contribution < -0.4 is 4.72 Å². The third-order valence-corrected chi connectivity index (χ3v) is 4.29. The number of sulfonamides is 1. The number of benzene rings is 1. The lowest BCUT2D eigenvalue weighted by molar-refractivity contribution is 0.0697. The van der Waals surface area contributed by atoms with Crippen LogP contribution in [0.4, 0.5) is 0 Å². The number of ether oxygens (including phenoxy) is 1. The van der Waals surface area contributed by atoms with E-state index in [1.54, 1.807) is 12.1 Å². The maximum atomic E-state index is 11.8. The Bertz CT molecular complexity index is 534. The molecule has 0 aliphatic heterocycles. The summed E-state index contributed by atoms with van der Waals surface area (Å²) in [4.78, 5) is 10.7. The molecule has 0 spiro atoms. The number of aromatic carboxylic acids is 1. The Morgan fingerprint density at radius 2 is 1.95 bits per heavy atom. The Labute approximate surface area is 118 Å². The molecule has 0 aliphatic carbocycles. The summed E-state index contributed by atoms with van der Waals surface area (Å²) in [6.07, 6.45) is 0.284. The normalized spacial score (nSPS) is 13.1. The zero-order valence-corrected chi connectivity index (χ0v) is 12.3. The van der Waals surface area contributed by atoms with Crippen molar-refractivity contribution in [2.75, 3.05) is 12.9 Å². The molecule has 20 heavy (non-hydrogen) atoms. The lowest BCUT2D eigenvalue weighted by Crippen LogP contribution is -2.32. The first kappa shape index (κ1) is 16.6. The number of rotatable bonds is 8. The molecule has 0 aromatic heterocycles. The second-order valence-electron chi connectivity index (χ2n) is 4.37. The van der Waals surface area contributed by atoms with Gasteiger partial charge in [-0.3, -0.25) is 0 Å². The highest BCUT2D eigenvalue weighted by molar-refractivity contribution is 7.89. The van der Waals surface area contributed by atoms with Crippen molar-refractivity contribution in [1.82, 2.24) is 4.72 Å². The molecular weight excluding hydrogens is 282 g/mol. The largest absolute Gasteiger partial charge is 0.478 e. The highest BCUT2D eigenvalue weighted by Crippen LogP contribution is 2.06. The van der Waals surface area contributed by atoms with Gasteiger partial charge in [0.15, 0.2) is 0 Å². The fourth-order valence-corrected chi connectivity index (χ4v) is 2.98. The molecule has 6 nitrogen and oxygen atoms in total. The van der Waals surface area contributed by atoms with E-state index in [9.17, 15) is 13.2 Å². The van der Waals surface area contributed by atoms with Crippen molar-refractivity contribution in [2.24, 2.45) is 0 Å². The minimum atomic E-state index is -3.42. The number of nitrogens with one attached hydrogen (secondary N) is 1. The predicted molar refractivity (Wildman–Crippen MR) is 75.1 cm³/mol. The van der Waals surface area contributed by atoms with Crippen LogP contribution in [0.15, 0.2) is 24.3 Å². The van der Waals surface area contributed by atoms with E-state index in [0.29, 0.717) is 12.0 Å². The maximum Gasteiger partial charge on any atom is 0.335 e. The van der Waals surface area contributed by atoms with E-state index < -0.39 is 16.0 Å². The second-order valence-corrected chi connectivity index (χ2v) is 6.22. The molecule has 0 fully saturated rings. The van der Waals surface area contributed by atoms with E-state index in [4.69, 9.17) is 9.84 Å². The molecule has 1 rings (SSSR count). The second kappa shape index (κ2) is 7.37. The molecule has 1 aromatic rings. The summed E-state index contributed by atoms with van der Waals surface area (Å²) in [6, 6.07) is 6.05. The SMILES string of the molecule is CCC(CS(=O)(=O)NCc1ccc(C(=O)O)cc1)OC. The molecular formula is C13H19NO5S. The fraction of sp³-hybridized carbons (Fsp3) is 0.462. The Morgan fingerprint density at radius 3 is 2.40 bits per heavy atom. The van der Waals surface area contributed by atoms with Gasteiger partial charge in [0.05, 0.1) is 17.4 Å². The number of carbonyl (C=O) groups is 1. The molecule has 1 atom stereocenters. The van der Waals surface area contributed by atoms with Crippen LogP contribution >= 0.6 is 0 Å². The molecule has 0 saturated heterocycles. The van der Waals surface area contributed by atoms with Crippen molar-refractivity contribution in [3.63, 3.8) is 0 Å². The van der Waals surface area contributed by atoms with Crippen molar-refractivity contribution in [1.29, 1.82) is 0 Å². The summed E-state index contributed by atoms with van der Waals surface area (Å²) in [7, 11) is -1.94. The van der Waals surface area contributed by atoms with Crippen molar-refractivity contribution in [2.45, 2.75) is 26.0 Å². The Balaban J connectivity index is 2.59. The van der Waals surface area contributed by atoms with Gasteiger partial charge in [-0.05, 0) is 24.1 Å². The zero-order chi connectivity index (χ0) is 15.2. The summed E-state index contributed by atoms with van der Waals surface area (Å²) in [5, 5.41) is 8.76. The van der Waals surface area contributed by atoms with E-state index in [0.717, 1.165) is 0 Å². The van der Waals surface area contributed by atoms with Gasteiger partial charge >= 0.3 is 5.97 Å². The Kier molecular flexibility index (Phi) is 6.12. The third-order valence-electron chi connectivity index (χ3n) is 2.89. The quantitative estimate of drug-likeness (QED) is 0.753. The van der Waals surface area contributed by atoms with E-state index in [2.05, 4.69) is 4.72 Å². The van der Waals surface area contributed by atoms with Crippen molar-refractivity contribution >= 4 is 16.0 Å². The van der Waals surface area contributed by atoms with Crippen molar-refractivity contribution < 1.29 is 23.1 Å². The number of hydrogen-bond donors (Lipinski definition) is 2. The molecule has 7 heteroatoms. The third kappa shape index (κ3) is 5.28. The van der Waals surface area contributed by atoms with Gasteiger partial charge in [-0.1, -0.05) is 19.1 Å². The minimum absolute atomic E-state index is 0.0901. The smallest absolute Gasteiger partial charge is 0.335 e. The van der Waals surface area contributed by atoms with E-state index in [-0.39, 0.29) is 24.0 Å². The van der Waals surface area contributed by atoms with Gasteiger partial charge in [0.25, 0.3) is 0 Å². The maximum absolute atomic E-state index is 11.8. The van der Waals surface area contributed by atoms with Crippen LogP contribution in [0.5, 0.6) is 0 Å². The summed E-state index contributed by atoms with van der Waals surface area (Å²) in [6.45, 7) is 1.98. The van der Waals surface area contributed by atoms with Gasteiger partial charge in [0.1, 0.15) is 0 Å². The molecule has 0 bridgehead atoms. The Hall–Kier alpha value is -1.44. The van der Waals surface area contributed by atoms with E-state index in [1.165, 1.54) is 19.2 Å². The number of hydrogen-bond acceptors (Lipinski definition) is 4. The minimum Gasteiger partial charge on any atom is -0.478 e. The average Bonchev–Trinajstić information content (AvgIpc) is 2.43. The average molecular weight is 301 g/mol. The lowest BCUT2D eigenvalue weighted by Gasteiger charge is -2.13. The van der Waals surface area contributed by atoms with Crippen LogP contribution in [0, 0.1) is 0 Å². The Morgan fingerprint density at radius 1 is 1.35 bits per heavy atom. The highest BCUT2D eigenvalue weighted by atomic mass is 32.2. The van der Waals surface area contributed by atoms with Crippen LogP contribution in [0.2, 0.25) is 0 Å². The van der Waals surface area contributed by atoms with Gasteiger partial charge < -0.3 is 9.84 Å². The van der Waals surface area contributed by atoms with Crippen LogP contribution in [0.25, 0.3) is 0 Å². The van der Waals surface area contributed by atoms with Gasteiger partial charge in [0.2, 0.25) is 10.0 Å². The van der Waals surface area contributed by atoms with E-state index in [1.807, 2.05) is 6.92 Å². The lowest BCUT2D eigenvalue weighted by atomic mass is 10.1.